The Hall–Kier alpha value is -1.16. The lowest BCUT2D eigenvalue weighted by Crippen LogP contribution is -2.48. The topological polar surface area (TPSA) is 55.1 Å². The SMILES string of the molecule is C[C@]1(O)CC[C@H]2CCC3C(CC[C@@]4(C)C3CC[C@@H]4C(=O)Cn3cccn3)[C@H]2CC1. The fourth-order valence-corrected chi connectivity index (χ4v) is 8.33. The highest BCUT2D eigenvalue weighted by Gasteiger charge is 2.58. The average molecular weight is 399 g/mol. The quantitative estimate of drug-likeness (QED) is 0.791. The van der Waals surface area contributed by atoms with Crippen LogP contribution in [-0.2, 0) is 11.3 Å². The van der Waals surface area contributed by atoms with Crippen molar-refractivity contribution in [2.24, 2.45) is 40.9 Å². The van der Waals surface area contributed by atoms with Crippen LogP contribution >= 0.6 is 0 Å². The van der Waals surface area contributed by atoms with Gasteiger partial charge in [0.1, 0.15) is 0 Å². The molecule has 1 heterocycles. The van der Waals surface area contributed by atoms with Gasteiger partial charge in [0.05, 0.1) is 12.1 Å². The zero-order chi connectivity index (χ0) is 20.2. The van der Waals surface area contributed by atoms with Crippen molar-refractivity contribution in [1.29, 1.82) is 0 Å². The van der Waals surface area contributed by atoms with Crippen molar-refractivity contribution < 1.29 is 9.90 Å². The van der Waals surface area contributed by atoms with Crippen molar-refractivity contribution in [3.05, 3.63) is 18.5 Å². The van der Waals surface area contributed by atoms with Gasteiger partial charge in [-0.3, -0.25) is 9.48 Å². The first-order valence-electron chi connectivity index (χ1n) is 12.1. The number of fused-ring (bicyclic) bond motifs is 5. The molecule has 1 N–H and O–H groups in total. The third-order valence-corrected chi connectivity index (χ3v) is 9.85. The summed E-state index contributed by atoms with van der Waals surface area (Å²) in [4.78, 5) is 13.2. The molecule has 0 radical (unpaired) electrons. The predicted molar refractivity (Wildman–Crippen MR) is 113 cm³/mol. The highest BCUT2D eigenvalue weighted by Crippen LogP contribution is 2.64. The number of carbonyl (C=O) groups excluding carboxylic acids is 1. The number of aliphatic hydroxyl groups is 1. The van der Waals surface area contributed by atoms with Gasteiger partial charge in [0.15, 0.2) is 5.78 Å². The molecule has 8 atom stereocenters. The molecule has 4 nitrogen and oxygen atoms in total. The van der Waals surface area contributed by atoms with Crippen LogP contribution in [0.1, 0.15) is 78.1 Å². The molecule has 1 aromatic heterocycles. The molecule has 160 valence electrons. The first-order valence-corrected chi connectivity index (χ1v) is 12.1. The molecular weight excluding hydrogens is 360 g/mol. The third-order valence-electron chi connectivity index (χ3n) is 9.85. The lowest BCUT2D eigenvalue weighted by Gasteiger charge is -2.54. The number of nitrogens with zero attached hydrogens (tertiary/aromatic N) is 2. The maximum atomic E-state index is 13.2. The van der Waals surface area contributed by atoms with E-state index in [1.165, 1.54) is 44.9 Å². The average Bonchev–Trinajstić information content (AvgIpc) is 3.28. The van der Waals surface area contributed by atoms with Gasteiger partial charge >= 0.3 is 0 Å². The summed E-state index contributed by atoms with van der Waals surface area (Å²) in [5, 5.41) is 14.9. The Labute approximate surface area is 175 Å². The van der Waals surface area contributed by atoms with Gasteiger partial charge < -0.3 is 5.11 Å². The highest BCUT2D eigenvalue weighted by molar-refractivity contribution is 5.82. The van der Waals surface area contributed by atoms with E-state index in [0.717, 1.165) is 48.9 Å². The number of ketones is 1. The second-order valence-electron chi connectivity index (χ2n) is 11.4. The summed E-state index contributed by atoms with van der Waals surface area (Å²) in [6.45, 7) is 4.93. The van der Waals surface area contributed by atoms with E-state index in [1.807, 2.05) is 19.2 Å². The monoisotopic (exact) mass is 398 g/mol. The summed E-state index contributed by atoms with van der Waals surface area (Å²) in [7, 11) is 0. The third kappa shape index (κ3) is 3.40. The molecule has 0 bridgehead atoms. The van der Waals surface area contributed by atoms with Crippen LogP contribution in [0.25, 0.3) is 0 Å². The highest BCUT2D eigenvalue weighted by atomic mass is 16.3. The number of hydrogen-bond acceptors (Lipinski definition) is 3. The summed E-state index contributed by atoms with van der Waals surface area (Å²) in [6.07, 6.45) is 15.6. The number of rotatable bonds is 3. The minimum absolute atomic E-state index is 0.189. The molecule has 0 aliphatic heterocycles. The molecule has 0 amide bonds. The van der Waals surface area contributed by atoms with E-state index >= 15 is 0 Å². The molecule has 5 rings (SSSR count). The Balaban J connectivity index is 1.33. The fraction of sp³-hybridized carbons (Fsp3) is 0.840. The minimum atomic E-state index is -0.451. The number of carbonyl (C=O) groups is 1. The van der Waals surface area contributed by atoms with Crippen molar-refractivity contribution >= 4 is 5.78 Å². The maximum absolute atomic E-state index is 13.2. The zero-order valence-corrected chi connectivity index (χ0v) is 18.2. The van der Waals surface area contributed by atoms with Crippen molar-refractivity contribution in [2.75, 3.05) is 0 Å². The number of aromatic nitrogens is 2. The predicted octanol–water partition coefficient (Wildman–Crippen LogP) is 4.86. The molecule has 4 saturated carbocycles. The standard InChI is InChI=1S/C25H38N2O2/c1-24(29)11-8-17-4-5-20-19(18(17)9-12-24)10-13-25(2)21(20)6-7-22(25)23(28)16-27-15-3-14-26-27/h3,14-15,17-22,29H,4-13,16H2,1-2H3/t17-,18+,19?,20?,21?,22-,24+,25+/m1/s1. The second-order valence-corrected chi connectivity index (χ2v) is 11.4. The fourth-order valence-electron chi connectivity index (χ4n) is 8.33. The number of hydrogen-bond donors (Lipinski definition) is 1. The van der Waals surface area contributed by atoms with Crippen molar-refractivity contribution in [3.8, 4) is 0 Å². The van der Waals surface area contributed by atoms with Gasteiger partial charge in [0.25, 0.3) is 0 Å². The lowest BCUT2D eigenvalue weighted by atomic mass is 9.50. The van der Waals surface area contributed by atoms with Gasteiger partial charge in [0, 0.05) is 18.3 Å². The van der Waals surface area contributed by atoms with Crippen LogP contribution in [0.4, 0.5) is 0 Å². The normalized spacial score (nSPS) is 47.0. The van der Waals surface area contributed by atoms with Crippen LogP contribution in [-0.4, -0.2) is 26.3 Å². The first-order chi connectivity index (χ1) is 13.9. The largest absolute Gasteiger partial charge is 0.390 e. The smallest absolute Gasteiger partial charge is 0.157 e. The summed E-state index contributed by atoms with van der Waals surface area (Å²) < 4.78 is 1.80. The molecule has 0 saturated heterocycles. The van der Waals surface area contributed by atoms with Crippen LogP contribution < -0.4 is 0 Å². The van der Waals surface area contributed by atoms with Crippen LogP contribution in [0.3, 0.4) is 0 Å². The van der Waals surface area contributed by atoms with Crippen LogP contribution in [0, 0.1) is 40.9 Å². The second kappa shape index (κ2) is 7.21. The van der Waals surface area contributed by atoms with E-state index < -0.39 is 5.60 Å². The Morgan fingerprint density at radius 1 is 1.00 bits per heavy atom. The van der Waals surface area contributed by atoms with Crippen LogP contribution in [0.15, 0.2) is 18.5 Å². The minimum Gasteiger partial charge on any atom is -0.390 e. The molecule has 4 aliphatic rings. The molecule has 1 aromatic rings. The molecular formula is C25H38N2O2. The lowest BCUT2D eigenvalue weighted by molar-refractivity contribution is -0.130. The summed E-state index contributed by atoms with van der Waals surface area (Å²) >= 11 is 0. The van der Waals surface area contributed by atoms with Gasteiger partial charge in [0.2, 0.25) is 0 Å². The maximum Gasteiger partial charge on any atom is 0.157 e. The van der Waals surface area contributed by atoms with Crippen molar-refractivity contribution in [3.63, 3.8) is 0 Å². The molecule has 3 unspecified atom stereocenters. The Kier molecular flexibility index (Phi) is 4.92. The van der Waals surface area contributed by atoms with Gasteiger partial charge in [-0.1, -0.05) is 6.92 Å². The molecule has 0 aromatic carbocycles. The first kappa shape index (κ1) is 19.8. The van der Waals surface area contributed by atoms with Crippen molar-refractivity contribution in [2.45, 2.75) is 90.2 Å². The van der Waals surface area contributed by atoms with Gasteiger partial charge in [-0.15, -0.1) is 0 Å². The van der Waals surface area contributed by atoms with Gasteiger partial charge in [-0.05, 0) is 112 Å². The summed E-state index contributed by atoms with van der Waals surface area (Å²) in [6, 6.07) is 1.90. The van der Waals surface area contributed by atoms with Crippen molar-refractivity contribution in [1.82, 2.24) is 9.78 Å². The molecule has 0 spiro atoms. The molecule has 4 heteroatoms. The van der Waals surface area contributed by atoms with Gasteiger partial charge in [-0.25, -0.2) is 0 Å². The molecule has 4 fully saturated rings. The Bertz CT molecular complexity index is 742. The van der Waals surface area contributed by atoms with Crippen LogP contribution in [0.5, 0.6) is 0 Å². The van der Waals surface area contributed by atoms with E-state index in [-0.39, 0.29) is 11.3 Å². The van der Waals surface area contributed by atoms with Crippen LogP contribution in [0.2, 0.25) is 0 Å². The van der Waals surface area contributed by atoms with E-state index in [1.54, 1.807) is 10.9 Å². The number of Topliss-reactive ketones (excluding diaryl/α,β-unsaturated/α-hetero) is 1. The van der Waals surface area contributed by atoms with Gasteiger partial charge in [-0.2, -0.15) is 5.10 Å². The van der Waals surface area contributed by atoms with E-state index in [2.05, 4.69) is 12.0 Å². The van der Waals surface area contributed by atoms with E-state index in [0.29, 0.717) is 12.3 Å². The summed E-state index contributed by atoms with van der Waals surface area (Å²) in [5.74, 6) is 4.61. The molecule has 29 heavy (non-hydrogen) atoms. The summed E-state index contributed by atoms with van der Waals surface area (Å²) in [5.41, 5.74) is -0.262. The molecule has 4 aliphatic carbocycles. The van der Waals surface area contributed by atoms with E-state index in [4.69, 9.17) is 0 Å². The Morgan fingerprint density at radius 3 is 2.59 bits per heavy atom. The Morgan fingerprint density at radius 2 is 1.79 bits per heavy atom. The zero-order valence-electron chi connectivity index (χ0n) is 18.2. The van der Waals surface area contributed by atoms with E-state index in [9.17, 15) is 9.90 Å².